The number of carbonyl (C=O) groups is 1. The lowest BCUT2D eigenvalue weighted by Crippen LogP contribution is -2.43. The number of nitrogens with zero attached hydrogens (tertiary/aromatic N) is 1. The van der Waals surface area contributed by atoms with Gasteiger partial charge in [-0.2, -0.15) is 0 Å². The number of amides is 2. The normalized spacial score (nSPS) is 15.7. The van der Waals surface area contributed by atoms with Gasteiger partial charge in [-0.3, -0.25) is 0 Å². The maximum absolute atomic E-state index is 12.1. The Morgan fingerprint density at radius 3 is 2.29 bits per heavy atom. The summed E-state index contributed by atoms with van der Waals surface area (Å²) < 4.78 is 10.5. The van der Waals surface area contributed by atoms with Crippen LogP contribution in [0.1, 0.15) is 25.3 Å². The molecular weight excluding hydrogens is 268 g/mol. The molecule has 0 bridgehead atoms. The summed E-state index contributed by atoms with van der Waals surface area (Å²) in [4.78, 5) is 14.0. The molecule has 0 aromatic heterocycles. The molecule has 2 rings (SSSR count). The Kier molecular flexibility index (Phi) is 5.31. The average molecular weight is 292 g/mol. The van der Waals surface area contributed by atoms with E-state index >= 15 is 0 Å². The molecule has 1 saturated heterocycles. The first-order valence-electron chi connectivity index (χ1n) is 7.37. The molecule has 0 aliphatic carbocycles. The van der Waals surface area contributed by atoms with Gasteiger partial charge >= 0.3 is 6.03 Å². The Labute approximate surface area is 126 Å². The van der Waals surface area contributed by atoms with Crippen molar-refractivity contribution in [3.05, 3.63) is 23.8 Å². The minimum atomic E-state index is 0.00341. The number of nitrogens with one attached hydrogen (secondary N) is 1. The number of ether oxygens (including phenoxy) is 2. The van der Waals surface area contributed by atoms with Crippen LogP contribution in [-0.4, -0.2) is 38.2 Å². The van der Waals surface area contributed by atoms with Crippen molar-refractivity contribution in [1.29, 1.82) is 0 Å². The summed E-state index contributed by atoms with van der Waals surface area (Å²) >= 11 is 0. The van der Waals surface area contributed by atoms with Gasteiger partial charge in [0.25, 0.3) is 0 Å². The highest BCUT2D eigenvalue weighted by Crippen LogP contribution is 2.22. The first-order chi connectivity index (χ1) is 10.1. The third kappa shape index (κ3) is 4.28. The van der Waals surface area contributed by atoms with Gasteiger partial charge in [-0.05, 0) is 36.5 Å². The van der Waals surface area contributed by atoms with Crippen molar-refractivity contribution in [3.63, 3.8) is 0 Å². The number of rotatable bonds is 4. The lowest BCUT2D eigenvalue weighted by molar-refractivity contribution is 0.173. The van der Waals surface area contributed by atoms with Crippen molar-refractivity contribution >= 4 is 6.03 Å². The summed E-state index contributed by atoms with van der Waals surface area (Å²) in [5, 5.41) is 2.96. The molecule has 2 amide bonds. The maximum Gasteiger partial charge on any atom is 0.317 e. The van der Waals surface area contributed by atoms with E-state index in [0.717, 1.165) is 48.9 Å². The van der Waals surface area contributed by atoms with Crippen molar-refractivity contribution in [2.24, 2.45) is 5.92 Å². The fourth-order valence-electron chi connectivity index (χ4n) is 2.47. The van der Waals surface area contributed by atoms with Gasteiger partial charge in [0.15, 0.2) is 0 Å². The van der Waals surface area contributed by atoms with Gasteiger partial charge < -0.3 is 19.7 Å². The van der Waals surface area contributed by atoms with Crippen LogP contribution in [0.3, 0.4) is 0 Å². The summed E-state index contributed by atoms with van der Waals surface area (Å²) in [5.74, 6) is 2.17. The number of hydrogen-bond donors (Lipinski definition) is 1. The predicted molar refractivity (Wildman–Crippen MR) is 81.8 cm³/mol. The molecule has 1 aliphatic heterocycles. The lowest BCUT2D eigenvalue weighted by Gasteiger charge is -2.30. The van der Waals surface area contributed by atoms with E-state index in [9.17, 15) is 4.79 Å². The number of piperidine rings is 1. The second-order valence-corrected chi connectivity index (χ2v) is 5.55. The van der Waals surface area contributed by atoms with Crippen molar-refractivity contribution in [2.75, 3.05) is 27.3 Å². The number of carbonyl (C=O) groups excluding carboxylic acids is 1. The van der Waals surface area contributed by atoms with Gasteiger partial charge in [0, 0.05) is 25.7 Å². The van der Waals surface area contributed by atoms with E-state index in [4.69, 9.17) is 9.47 Å². The van der Waals surface area contributed by atoms with Crippen molar-refractivity contribution in [2.45, 2.75) is 26.3 Å². The second kappa shape index (κ2) is 7.20. The van der Waals surface area contributed by atoms with Crippen LogP contribution in [0.4, 0.5) is 4.79 Å². The van der Waals surface area contributed by atoms with E-state index in [0.29, 0.717) is 6.54 Å². The Morgan fingerprint density at radius 1 is 1.19 bits per heavy atom. The van der Waals surface area contributed by atoms with Gasteiger partial charge in [-0.15, -0.1) is 0 Å². The molecule has 116 valence electrons. The molecule has 1 aliphatic rings. The summed E-state index contributed by atoms with van der Waals surface area (Å²) in [5.41, 5.74) is 0.963. The number of methoxy groups -OCH3 is 2. The number of likely N-dealkylation sites (tertiary alicyclic amines) is 1. The summed E-state index contributed by atoms with van der Waals surface area (Å²) in [6, 6.07) is 5.63. The third-order valence-electron chi connectivity index (χ3n) is 3.93. The monoisotopic (exact) mass is 292 g/mol. The second-order valence-electron chi connectivity index (χ2n) is 5.55. The molecule has 5 heteroatoms. The molecule has 0 saturated carbocycles. The minimum absolute atomic E-state index is 0.00341. The van der Waals surface area contributed by atoms with Crippen molar-refractivity contribution in [1.82, 2.24) is 10.2 Å². The molecule has 0 unspecified atom stereocenters. The lowest BCUT2D eigenvalue weighted by atomic mass is 10.00. The van der Waals surface area contributed by atoms with Crippen LogP contribution in [0.15, 0.2) is 18.2 Å². The Morgan fingerprint density at radius 2 is 1.76 bits per heavy atom. The van der Waals surface area contributed by atoms with Crippen LogP contribution in [-0.2, 0) is 6.54 Å². The smallest absolute Gasteiger partial charge is 0.317 e. The zero-order valence-electron chi connectivity index (χ0n) is 13.0. The topological polar surface area (TPSA) is 50.8 Å². The van der Waals surface area contributed by atoms with Crippen LogP contribution in [0, 0.1) is 5.92 Å². The quantitative estimate of drug-likeness (QED) is 0.928. The van der Waals surface area contributed by atoms with Gasteiger partial charge in [0.1, 0.15) is 11.5 Å². The molecule has 1 heterocycles. The van der Waals surface area contributed by atoms with E-state index in [1.165, 1.54) is 0 Å². The highest BCUT2D eigenvalue weighted by Gasteiger charge is 2.19. The zero-order chi connectivity index (χ0) is 15.2. The van der Waals surface area contributed by atoms with E-state index in [2.05, 4.69) is 12.2 Å². The SMILES string of the molecule is COc1cc(CNC(=O)N2CCC(C)CC2)cc(OC)c1. The average Bonchev–Trinajstić information content (AvgIpc) is 2.52. The van der Waals surface area contributed by atoms with Crippen LogP contribution in [0.2, 0.25) is 0 Å². The predicted octanol–water partition coefficient (Wildman–Crippen LogP) is 2.65. The van der Waals surface area contributed by atoms with Crippen molar-refractivity contribution in [3.8, 4) is 11.5 Å². The van der Waals surface area contributed by atoms with Crippen LogP contribution in [0.5, 0.6) is 11.5 Å². The Hall–Kier alpha value is -1.91. The molecule has 1 N–H and O–H groups in total. The summed E-state index contributed by atoms with van der Waals surface area (Å²) in [6.07, 6.45) is 2.17. The highest BCUT2D eigenvalue weighted by atomic mass is 16.5. The first-order valence-corrected chi connectivity index (χ1v) is 7.37. The molecule has 1 aromatic rings. The molecule has 0 spiro atoms. The Balaban J connectivity index is 1.91. The molecule has 0 radical (unpaired) electrons. The minimum Gasteiger partial charge on any atom is -0.497 e. The summed E-state index contributed by atoms with van der Waals surface area (Å²) in [6.45, 7) is 4.39. The maximum atomic E-state index is 12.1. The van der Waals surface area contributed by atoms with E-state index in [1.807, 2.05) is 23.1 Å². The fraction of sp³-hybridized carbons (Fsp3) is 0.562. The number of benzene rings is 1. The fourth-order valence-corrected chi connectivity index (χ4v) is 2.47. The largest absolute Gasteiger partial charge is 0.497 e. The molecule has 21 heavy (non-hydrogen) atoms. The van der Waals surface area contributed by atoms with Crippen LogP contribution < -0.4 is 14.8 Å². The Bertz CT molecular complexity index is 460. The van der Waals surface area contributed by atoms with Crippen molar-refractivity contribution < 1.29 is 14.3 Å². The van der Waals surface area contributed by atoms with E-state index in [1.54, 1.807) is 14.2 Å². The number of urea groups is 1. The molecule has 1 aromatic carbocycles. The standard InChI is InChI=1S/C16H24N2O3/c1-12-4-6-18(7-5-12)16(19)17-11-13-8-14(20-2)10-15(9-13)21-3/h8-10,12H,4-7,11H2,1-3H3,(H,17,19). The molecular formula is C16H24N2O3. The first kappa shape index (κ1) is 15.5. The molecule has 5 nitrogen and oxygen atoms in total. The third-order valence-corrected chi connectivity index (χ3v) is 3.93. The number of hydrogen-bond acceptors (Lipinski definition) is 3. The molecule has 1 fully saturated rings. The van der Waals surface area contributed by atoms with Gasteiger partial charge in [0.2, 0.25) is 0 Å². The highest BCUT2D eigenvalue weighted by molar-refractivity contribution is 5.74. The van der Waals surface area contributed by atoms with Crippen LogP contribution in [0.25, 0.3) is 0 Å². The zero-order valence-corrected chi connectivity index (χ0v) is 13.0. The molecule has 0 atom stereocenters. The van der Waals surface area contributed by atoms with Gasteiger partial charge in [-0.1, -0.05) is 6.92 Å². The van der Waals surface area contributed by atoms with E-state index < -0.39 is 0 Å². The van der Waals surface area contributed by atoms with E-state index in [-0.39, 0.29) is 6.03 Å². The summed E-state index contributed by atoms with van der Waals surface area (Å²) in [7, 11) is 3.23. The van der Waals surface area contributed by atoms with Crippen LogP contribution >= 0.6 is 0 Å². The van der Waals surface area contributed by atoms with Gasteiger partial charge in [-0.25, -0.2) is 4.79 Å². The van der Waals surface area contributed by atoms with Gasteiger partial charge in [0.05, 0.1) is 14.2 Å².